The minimum atomic E-state index is -0.516. The maximum atomic E-state index is 13.2. The first-order chi connectivity index (χ1) is 11.0. The van der Waals surface area contributed by atoms with Crippen LogP contribution >= 0.6 is 0 Å². The molecule has 1 saturated carbocycles. The number of ether oxygens (including phenoxy) is 3. The summed E-state index contributed by atoms with van der Waals surface area (Å²) in [6.07, 6.45) is 0.850. The highest BCUT2D eigenvalue weighted by molar-refractivity contribution is 6.05. The molecule has 0 amide bonds. The Morgan fingerprint density at radius 3 is 2.83 bits per heavy atom. The van der Waals surface area contributed by atoms with Crippen LogP contribution in [0.15, 0.2) is 6.07 Å². The number of benzene rings is 1. The van der Waals surface area contributed by atoms with Gasteiger partial charge in [-0.2, -0.15) is 0 Å². The standard InChI is InChI=1S/C17H18O6/c1-17-9-4-3-6-12(17)14(20)10-7(18)5-8(21-2)13(19)11(10)15(17)23-16(6)22-9/h5-6,9,12,15-16,18-19H,3-4H2,1-2H3/t6-,9+,12+,15-,16+,17+/m0/s1. The fourth-order valence-electron chi connectivity index (χ4n) is 5.33. The van der Waals surface area contributed by atoms with E-state index in [9.17, 15) is 15.0 Å². The van der Waals surface area contributed by atoms with E-state index in [4.69, 9.17) is 14.2 Å². The molecule has 1 aromatic carbocycles. The first-order valence-electron chi connectivity index (χ1n) is 7.96. The van der Waals surface area contributed by atoms with Crippen LogP contribution in [0.25, 0.3) is 0 Å². The van der Waals surface area contributed by atoms with Crippen molar-refractivity contribution in [2.75, 3.05) is 7.11 Å². The van der Waals surface area contributed by atoms with E-state index in [1.54, 1.807) is 0 Å². The van der Waals surface area contributed by atoms with Gasteiger partial charge in [-0.1, -0.05) is 6.92 Å². The molecule has 0 aromatic heterocycles. The van der Waals surface area contributed by atoms with Gasteiger partial charge in [-0.25, -0.2) is 0 Å². The van der Waals surface area contributed by atoms with E-state index in [1.165, 1.54) is 13.2 Å². The second-order valence-corrected chi connectivity index (χ2v) is 7.19. The van der Waals surface area contributed by atoms with Crippen LogP contribution in [-0.2, 0) is 9.47 Å². The Bertz CT molecular complexity index is 743. The molecule has 6 atom stereocenters. The number of hydrogen-bond donors (Lipinski definition) is 2. The molecule has 2 N–H and O–H groups in total. The van der Waals surface area contributed by atoms with E-state index in [2.05, 4.69) is 0 Å². The highest BCUT2D eigenvalue weighted by Crippen LogP contribution is 2.69. The number of ketones is 1. The van der Waals surface area contributed by atoms with Crippen LogP contribution < -0.4 is 4.74 Å². The van der Waals surface area contributed by atoms with Gasteiger partial charge in [-0.3, -0.25) is 4.79 Å². The maximum Gasteiger partial charge on any atom is 0.171 e. The van der Waals surface area contributed by atoms with Gasteiger partial charge in [0.2, 0.25) is 0 Å². The van der Waals surface area contributed by atoms with Gasteiger partial charge in [-0.15, -0.1) is 0 Å². The van der Waals surface area contributed by atoms with Crippen LogP contribution in [0, 0.1) is 17.3 Å². The zero-order chi connectivity index (χ0) is 16.1. The molecular weight excluding hydrogens is 300 g/mol. The second-order valence-electron chi connectivity index (χ2n) is 7.19. The van der Waals surface area contributed by atoms with E-state index in [0.717, 1.165) is 12.8 Å². The van der Waals surface area contributed by atoms with Gasteiger partial charge < -0.3 is 24.4 Å². The SMILES string of the molecule is COc1cc(O)c2c(c1O)[C@@H]1O[C@H]3O[C@@H]4CC[C@H]3[C@H](C2=O)[C@@]41C. The average molecular weight is 318 g/mol. The number of phenols is 2. The van der Waals surface area contributed by atoms with Crippen LogP contribution in [0.4, 0.5) is 0 Å². The summed E-state index contributed by atoms with van der Waals surface area (Å²) in [6, 6.07) is 1.29. The predicted molar refractivity (Wildman–Crippen MR) is 77.5 cm³/mol. The molecular formula is C17H18O6. The topological polar surface area (TPSA) is 85.2 Å². The van der Waals surface area contributed by atoms with Crippen molar-refractivity contribution >= 4 is 5.78 Å². The number of phenolic OH excluding ortho intramolecular Hbond substituents is 2. The molecule has 0 spiro atoms. The Morgan fingerprint density at radius 2 is 2.09 bits per heavy atom. The number of fused-ring (bicyclic) bond motifs is 2. The number of carbonyl (C=O) groups excluding carboxylic acids is 1. The Morgan fingerprint density at radius 1 is 1.30 bits per heavy atom. The van der Waals surface area contributed by atoms with Crippen molar-refractivity contribution in [3.8, 4) is 17.2 Å². The summed E-state index contributed by atoms with van der Waals surface area (Å²) in [6.45, 7) is 2.01. The average Bonchev–Trinajstić information content (AvgIpc) is 2.53. The Hall–Kier alpha value is -1.79. The van der Waals surface area contributed by atoms with Crippen molar-refractivity contribution in [2.45, 2.75) is 38.3 Å². The summed E-state index contributed by atoms with van der Waals surface area (Å²) in [5.74, 6) is -0.457. The monoisotopic (exact) mass is 318 g/mol. The highest BCUT2D eigenvalue weighted by atomic mass is 16.7. The minimum Gasteiger partial charge on any atom is -0.507 e. The van der Waals surface area contributed by atoms with E-state index in [1.807, 2.05) is 6.92 Å². The van der Waals surface area contributed by atoms with Crippen molar-refractivity contribution < 1.29 is 29.2 Å². The van der Waals surface area contributed by atoms with Gasteiger partial charge in [0, 0.05) is 28.9 Å². The van der Waals surface area contributed by atoms with E-state index < -0.39 is 17.8 Å². The molecule has 6 aliphatic rings. The Kier molecular flexibility index (Phi) is 2.37. The zero-order valence-electron chi connectivity index (χ0n) is 12.9. The lowest BCUT2D eigenvalue weighted by Crippen LogP contribution is -2.69. The van der Waals surface area contributed by atoms with Crippen molar-refractivity contribution in [2.24, 2.45) is 17.3 Å². The maximum absolute atomic E-state index is 13.2. The smallest absolute Gasteiger partial charge is 0.171 e. The van der Waals surface area contributed by atoms with E-state index >= 15 is 0 Å². The van der Waals surface area contributed by atoms with Crippen LogP contribution in [0.5, 0.6) is 17.2 Å². The summed E-state index contributed by atoms with van der Waals surface area (Å²) in [5, 5.41) is 20.9. The van der Waals surface area contributed by atoms with Crippen LogP contribution in [0.3, 0.4) is 0 Å². The van der Waals surface area contributed by atoms with Crippen molar-refractivity contribution in [3.63, 3.8) is 0 Å². The predicted octanol–water partition coefficient (Wildman–Crippen LogP) is 2.13. The lowest BCUT2D eigenvalue weighted by molar-refractivity contribution is -0.395. The van der Waals surface area contributed by atoms with Crippen molar-refractivity contribution in [1.29, 1.82) is 0 Å². The van der Waals surface area contributed by atoms with Crippen LogP contribution in [0.1, 0.15) is 41.8 Å². The van der Waals surface area contributed by atoms with Crippen molar-refractivity contribution in [3.05, 3.63) is 17.2 Å². The number of carbonyl (C=O) groups is 1. The molecule has 122 valence electrons. The van der Waals surface area contributed by atoms with Crippen LogP contribution in [0.2, 0.25) is 0 Å². The fourth-order valence-corrected chi connectivity index (χ4v) is 5.33. The summed E-state index contributed by atoms with van der Waals surface area (Å²) >= 11 is 0. The zero-order valence-corrected chi connectivity index (χ0v) is 12.9. The molecule has 6 bridgehead atoms. The second kappa shape index (κ2) is 3.99. The molecule has 1 aromatic rings. The summed E-state index contributed by atoms with van der Waals surface area (Å²) in [5.41, 5.74) is 0.0175. The largest absolute Gasteiger partial charge is 0.507 e. The molecule has 5 fully saturated rings. The summed E-state index contributed by atoms with van der Waals surface area (Å²) in [7, 11) is 1.41. The lowest BCUT2D eigenvalue weighted by atomic mass is 9.49. The fraction of sp³-hybridized carbons (Fsp3) is 0.588. The first-order valence-corrected chi connectivity index (χ1v) is 7.96. The number of rotatable bonds is 1. The molecule has 0 unspecified atom stereocenters. The molecule has 4 heterocycles. The molecule has 4 saturated heterocycles. The molecule has 23 heavy (non-hydrogen) atoms. The Labute approximate surface area is 133 Å². The number of Topliss-reactive ketones (excluding diaryl/α,β-unsaturated/α-hetero) is 1. The number of hydrogen-bond acceptors (Lipinski definition) is 6. The van der Waals surface area contributed by atoms with E-state index in [-0.39, 0.29) is 46.5 Å². The highest BCUT2D eigenvalue weighted by Gasteiger charge is 2.70. The normalized spacial score (nSPS) is 42.7. The van der Waals surface area contributed by atoms with Gasteiger partial charge in [-0.05, 0) is 12.8 Å². The van der Waals surface area contributed by atoms with Gasteiger partial charge in [0.15, 0.2) is 23.6 Å². The minimum absolute atomic E-state index is 0.0190. The van der Waals surface area contributed by atoms with Gasteiger partial charge in [0.25, 0.3) is 0 Å². The Balaban J connectivity index is 1.82. The van der Waals surface area contributed by atoms with Crippen molar-refractivity contribution in [1.82, 2.24) is 0 Å². The first kappa shape index (κ1) is 13.6. The summed E-state index contributed by atoms with van der Waals surface area (Å²) < 4.78 is 17.2. The van der Waals surface area contributed by atoms with E-state index in [0.29, 0.717) is 5.56 Å². The molecule has 6 heteroatoms. The third-order valence-electron chi connectivity index (χ3n) is 6.33. The lowest BCUT2D eigenvalue weighted by Gasteiger charge is -2.66. The third-order valence-corrected chi connectivity index (χ3v) is 6.33. The summed E-state index contributed by atoms with van der Waals surface area (Å²) in [4.78, 5) is 13.2. The molecule has 6 nitrogen and oxygen atoms in total. The van der Waals surface area contributed by atoms with Gasteiger partial charge in [0.05, 0.1) is 24.9 Å². The quantitative estimate of drug-likeness (QED) is 0.772. The third kappa shape index (κ3) is 1.32. The molecule has 2 aliphatic carbocycles. The van der Waals surface area contributed by atoms with Gasteiger partial charge in [0.1, 0.15) is 5.75 Å². The number of methoxy groups -OCH3 is 1. The van der Waals surface area contributed by atoms with Crippen LogP contribution in [-0.4, -0.2) is 35.5 Å². The molecule has 7 rings (SSSR count). The number of aromatic hydroxyl groups is 2. The molecule has 4 aliphatic heterocycles. The van der Waals surface area contributed by atoms with Gasteiger partial charge >= 0.3 is 0 Å². The molecule has 0 radical (unpaired) electrons.